The zero-order valence-corrected chi connectivity index (χ0v) is 15.0. The quantitative estimate of drug-likeness (QED) is 0.704. The average Bonchev–Trinajstić information content (AvgIpc) is 2.62. The number of aromatic nitrogens is 1. The molecule has 0 saturated carbocycles. The first-order chi connectivity index (χ1) is 12.6. The highest BCUT2D eigenvalue weighted by molar-refractivity contribution is 6.30. The molecule has 0 aliphatic heterocycles. The minimum absolute atomic E-state index is 0.0394. The van der Waals surface area contributed by atoms with Crippen LogP contribution < -0.4 is 10.3 Å². The van der Waals surface area contributed by atoms with Gasteiger partial charge in [0.05, 0.1) is 5.69 Å². The van der Waals surface area contributed by atoms with E-state index in [1.54, 1.807) is 36.5 Å². The highest BCUT2D eigenvalue weighted by Gasteiger charge is 2.07. The Kier molecular flexibility index (Phi) is 5.44. The molecule has 0 unspecified atom stereocenters. The number of rotatable bonds is 5. The highest BCUT2D eigenvalue weighted by Crippen LogP contribution is 2.23. The van der Waals surface area contributed by atoms with E-state index in [9.17, 15) is 9.90 Å². The van der Waals surface area contributed by atoms with Crippen molar-refractivity contribution in [2.24, 2.45) is 0 Å². The van der Waals surface area contributed by atoms with Crippen LogP contribution in [0.25, 0.3) is 11.8 Å². The maximum absolute atomic E-state index is 12.4. The molecule has 1 N–H and O–H groups in total. The minimum Gasteiger partial charge on any atom is -0.506 e. The number of ether oxygens (including phenoxy) is 1. The Hall–Kier alpha value is -2.98. The van der Waals surface area contributed by atoms with Gasteiger partial charge in [-0.2, -0.15) is 0 Å². The van der Waals surface area contributed by atoms with Crippen molar-refractivity contribution in [3.8, 4) is 17.2 Å². The zero-order valence-electron chi connectivity index (χ0n) is 14.2. The molecule has 0 atom stereocenters. The molecule has 0 fully saturated rings. The lowest BCUT2D eigenvalue weighted by molar-refractivity contribution is 0.305. The Labute approximate surface area is 156 Å². The highest BCUT2D eigenvalue weighted by atomic mass is 35.5. The van der Waals surface area contributed by atoms with Gasteiger partial charge in [0.15, 0.2) is 0 Å². The number of halogens is 1. The summed E-state index contributed by atoms with van der Waals surface area (Å²) in [4.78, 5) is 12.4. The van der Waals surface area contributed by atoms with Crippen molar-refractivity contribution in [2.45, 2.75) is 13.5 Å². The lowest BCUT2D eigenvalue weighted by Gasteiger charge is -2.11. The topological polar surface area (TPSA) is 51.5 Å². The molecule has 0 saturated heterocycles. The zero-order chi connectivity index (χ0) is 18.5. The van der Waals surface area contributed by atoms with Crippen molar-refractivity contribution in [1.82, 2.24) is 4.57 Å². The second-order valence-corrected chi connectivity index (χ2v) is 6.17. The number of hydrogen-bond donors (Lipinski definition) is 1. The van der Waals surface area contributed by atoms with Crippen LogP contribution in [0.5, 0.6) is 11.5 Å². The number of allylic oxidation sites excluding steroid dienone is 1. The van der Waals surface area contributed by atoms with Gasteiger partial charge in [-0.25, -0.2) is 0 Å². The van der Waals surface area contributed by atoms with Gasteiger partial charge in [-0.05, 0) is 48.4 Å². The van der Waals surface area contributed by atoms with Crippen LogP contribution in [-0.2, 0) is 6.61 Å². The predicted molar refractivity (Wildman–Crippen MR) is 104 cm³/mol. The molecule has 2 aromatic carbocycles. The molecule has 0 aliphatic rings. The molecule has 0 amide bonds. The van der Waals surface area contributed by atoms with Crippen LogP contribution in [0.2, 0.25) is 5.02 Å². The van der Waals surface area contributed by atoms with E-state index in [0.717, 1.165) is 11.1 Å². The Morgan fingerprint density at radius 1 is 1.12 bits per heavy atom. The Morgan fingerprint density at radius 3 is 2.54 bits per heavy atom. The number of aromatic hydroxyl groups is 1. The minimum atomic E-state index is -0.285. The first-order valence-corrected chi connectivity index (χ1v) is 8.50. The van der Waals surface area contributed by atoms with Crippen LogP contribution in [0.3, 0.4) is 0 Å². The summed E-state index contributed by atoms with van der Waals surface area (Å²) < 4.78 is 7.04. The second kappa shape index (κ2) is 7.93. The van der Waals surface area contributed by atoms with Crippen LogP contribution >= 0.6 is 11.6 Å². The average molecular weight is 368 g/mol. The number of nitrogens with zero attached hydrogens (tertiary/aromatic N) is 1. The van der Waals surface area contributed by atoms with Gasteiger partial charge in [0.2, 0.25) is 0 Å². The molecule has 0 radical (unpaired) electrons. The largest absolute Gasteiger partial charge is 0.506 e. The van der Waals surface area contributed by atoms with Gasteiger partial charge in [-0.3, -0.25) is 9.36 Å². The van der Waals surface area contributed by atoms with Crippen molar-refractivity contribution in [3.05, 3.63) is 93.4 Å². The lowest BCUT2D eigenvalue weighted by atomic mass is 10.1. The van der Waals surface area contributed by atoms with Crippen LogP contribution in [-0.4, -0.2) is 9.67 Å². The molecule has 3 rings (SSSR count). The molecular formula is C21H18ClNO3. The molecule has 3 aromatic rings. The van der Waals surface area contributed by atoms with Crippen molar-refractivity contribution in [1.29, 1.82) is 0 Å². The number of hydrogen-bond acceptors (Lipinski definition) is 3. The van der Waals surface area contributed by atoms with Crippen molar-refractivity contribution in [2.75, 3.05) is 0 Å². The Balaban J connectivity index is 1.79. The smallest absolute Gasteiger partial charge is 0.258 e. The number of phenols is 1. The van der Waals surface area contributed by atoms with E-state index in [0.29, 0.717) is 23.1 Å². The monoisotopic (exact) mass is 367 g/mol. The third kappa shape index (κ3) is 4.16. The summed E-state index contributed by atoms with van der Waals surface area (Å²) >= 11 is 5.86. The molecule has 1 heterocycles. The third-order valence-corrected chi connectivity index (χ3v) is 4.08. The van der Waals surface area contributed by atoms with Crippen LogP contribution in [0.15, 0.2) is 71.7 Å². The fraction of sp³-hybridized carbons (Fsp3) is 0.0952. The normalized spacial score (nSPS) is 11.0. The summed E-state index contributed by atoms with van der Waals surface area (Å²) in [5, 5.41) is 10.9. The number of pyridine rings is 1. The van der Waals surface area contributed by atoms with E-state index in [2.05, 4.69) is 0 Å². The lowest BCUT2D eigenvalue weighted by Crippen LogP contribution is -2.16. The maximum atomic E-state index is 12.4. The predicted octanol–water partition coefficient (Wildman–Crippen LogP) is 4.81. The van der Waals surface area contributed by atoms with Gasteiger partial charge >= 0.3 is 0 Å². The third-order valence-electron chi connectivity index (χ3n) is 3.83. The van der Waals surface area contributed by atoms with Gasteiger partial charge in [0.1, 0.15) is 18.1 Å². The Bertz CT molecular complexity index is 991. The first kappa shape index (κ1) is 17.8. The van der Waals surface area contributed by atoms with E-state index in [1.165, 1.54) is 10.6 Å². The van der Waals surface area contributed by atoms with Crippen molar-refractivity contribution in [3.63, 3.8) is 0 Å². The summed E-state index contributed by atoms with van der Waals surface area (Å²) in [7, 11) is 0. The molecule has 0 aliphatic carbocycles. The molecule has 0 bridgehead atoms. The van der Waals surface area contributed by atoms with E-state index in [4.69, 9.17) is 16.3 Å². The molecule has 0 spiro atoms. The number of benzene rings is 2. The van der Waals surface area contributed by atoms with Gasteiger partial charge < -0.3 is 9.84 Å². The molecule has 5 heteroatoms. The van der Waals surface area contributed by atoms with Crippen molar-refractivity contribution >= 4 is 17.7 Å². The van der Waals surface area contributed by atoms with Crippen LogP contribution in [0.1, 0.15) is 18.1 Å². The van der Waals surface area contributed by atoms with Crippen LogP contribution in [0.4, 0.5) is 0 Å². The summed E-state index contributed by atoms with van der Waals surface area (Å²) in [5.41, 5.74) is 1.96. The molecule has 26 heavy (non-hydrogen) atoms. The summed E-state index contributed by atoms with van der Waals surface area (Å²) in [6.07, 6.45) is 5.34. The van der Waals surface area contributed by atoms with E-state index >= 15 is 0 Å². The van der Waals surface area contributed by atoms with E-state index in [-0.39, 0.29) is 11.3 Å². The molecule has 4 nitrogen and oxygen atoms in total. The van der Waals surface area contributed by atoms with Crippen LogP contribution in [0, 0.1) is 0 Å². The fourth-order valence-corrected chi connectivity index (χ4v) is 2.66. The molecule has 132 valence electrons. The standard InChI is InChI=1S/C21H18ClNO3/c1-2-3-15-6-9-19(20(24)12-15)23-11-10-18(13-21(23)25)26-14-16-4-7-17(22)8-5-16/h2-13,24H,14H2,1H3. The van der Waals surface area contributed by atoms with Gasteiger partial charge in [-0.15, -0.1) is 0 Å². The molecule has 1 aromatic heterocycles. The first-order valence-electron chi connectivity index (χ1n) is 8.13. The maximum Gasteiger partial charge on any atom is 0.258 e. The SMILES string of the molecule is CC=Cc1ccc(-n2ccc(OCc3ccc(Cl)cc3)cc2=O)c(O)c1. The summed E-state index contributed by atoms with van der Waals surface area (Å²) in [5.74, 6) is 0.503. The Morgan fingerprint density at radius 2 is 1.88 bits per heavy atom. The fourth-order valence-electron chi connectivity index (χ4n) is 2.54. The van der Waals surface area contributed by atoms with E-state index in [1.807, 2.05) is 37.3 Å². The van der Waals surface area contributed by atoms with Gasteiger partial charge in [-0.1, -0.05) is 42.0 Å². The van der Waals surface area contributed by atoms with Gasteiger partial charge in [0.25, 0.3) is 5.56 Å². The number of phenolic OH excluding ortho intramolecular Hbond substituents is 1. The molecular weight excluding hydrogens is 350 g/mol. The van der Waals surface area contributed by atoms with E-state index < -0.39 is 0 Å². The summed E-state index contributed by atoms with van der Waals surface area (Å²) in [6.45, 7) is 2.24. The summed E-state index contributed by atoms with van der Waals surface area (Å²) in [6, 6.07) is 15.6. The van der Waals surface area contributed by atoms with Crippen molar-refractivity contribution < 1.29 is 9.84 Å². The second-order valence-electron chi connectivity index (χ2n) is 5.73. The van der Waals surface area contributed by atoms with Gasteiger partial charge in [0, 0.05) is 17.3 Å².